The van der Waals surface area contributed by atoms with E-state index in [4.69, 9.17) is 9.97 Å². The number of nitrogens with zero attached hydrogens (tertiary/aromatic N) is 3. The minimum Gasteiger partial charge on any atom is -0.493 e. The number of rotatable bonds is 6. The molecule has 2 N–H and O–H groups in total. The van der Waals surface area contributed by atoms with Crippen LogP contribution in [0.1, 0.15) is 28.1 Å². The molecule has 0 bridgehead atoms. The summed E-state index contributed by atoms with van der Waals surface area (Å²) < 4.78 is 1.73. The van der Waals surface area contributed by atoms with Gasteiger partial charge in [0.15, 0.2) is 5.65 Å². The highest BCUT2D eigenvalue weighted by Gasteiger charge is 2.18. The fraction of sp³-hybridized carbons (Fsp3) is 0.111. The molecule has 5 aromatic rings. The van der Waals surface area contributed by atoms with Crippen LogP contribution in [0.25, 0.3) is 16.9 Å². The Kier molecular flexibility index (Phi) is 5.40. The molecule has 0 saturated carbocycles. The first-order valence-electron chi connectivity index (χ1n) is 10.6. The van der Waals surface area contributed by atoms with Crippen molar-refractivity contribution in [2.45, 2.75) is 19.4 Å². The Morgan fingerprint density at radius 2 is 1.34 bits per heavy atom. The van der Waals surface area contributed by atoms with Gasteiger partial charge in [0.1, 0.15) is 5.69 Å². The first-order chi connectivity index (χ1) is 15.7. The molecule has 0 radical (unpaired) electrons. The van der Waals surface area contributed by atoms with Gasteiger partial charge in [0.05, 0.1) is 18.0 Å². The van der Waals surface area contributed by atoms with E-state index >= 15 is 0 Å². The van der Waals surface area contributed by atoms with Crippen LogP contribution in [0, 0.1) is 0 Å². The smallest absolute Gasteiger partial charge is 0.219 e. The van der Waals surface area contributed by atoms with Crippen molar-refractivity contribution in [3.63, 3.8) is 0 Å². The topological polar surface area (TPSA) is 70.7 Å². The summed E-state index contributed by atoms with van der Waals surface area (Å²) in [4.78, 5) is 9.71. The standard InChI is InChI=1S/C27H23N3O2/c31-18-21-11-7-10-20(14-21)16-24-27(32)30-17-25(22-12-5-2-6-13-22)28-23(26(30)29-24)15-19-8-3-1-4-9-19/h1-14,17,31-32H,15-16,18H2. The van der Waals surface area contributed by atoms with Gasteiger partial charge >= 0.3 is 0 Å². The number of fused-ring (bicyclic) bond motifs is 1. The number of benzene rings is 3. The molecule has 0 amide bonds. The maximum Gasteiger partial charge on any atom is 0.219 e. The van der Waals surface area contributed by atoms with E-state index in [9.17, 15) is 10.2 Å². The van der Waals surface area contributed by atoms with E-state index < -0.39 is 0 Å². The van der Waals surface area contributed by atoms with E-state index in [0.29, 0.717) is 24.2 Å². The van der Waals surface area contributed by atoms with Crippen molar-refractivity contribution in [2.75, 3.05) is 0 Å². The van der Waals surface area contributed by atoms with Crippen LogP contribution in [0.15, 0.2) is 91.1 Å². The summed E-state index contributed by atoms with van der Waals surface area (Å²) in [5.41, 5.74) is 6.76. The highest BCUT2D eigenvalue weighted by molar-refractivity contribution is 5.63. The molecule has 0 fully saturated rings. The lowest BCUT2D eigenvalue weighted by Gasteiger charge is -2.08. The van der Waals surface area contributed by atoms with Gasteiger partial charge in [-0.25, -0.2) is 9.97 Å². The van der Waals surface area contributed by atoms with Crippen molar-refractivity contribution in [1.29, 1.82) is 0 Å². The largest absolute Gasteiger partial charge is 0.493 e. The molecule has 2 heterocycles. The Hall–Kier alpha value is -3.96. The van der Waals surface area contributed by atoms with Crippen molar-refractivity contribution in [1.82, 2.24) is 14.4 Å². The Labute approximate surface area is 186 Å². The summed E-state index contributed by atoms with van der Waals surface area (Å²) in [5, 5.41) is 20.5. The molecule has 0 aliphatic heterocycles. The maximum absolute atomic E-state index is 11.1. The van der Waals surface area contributed by atoms with Crippen molar-refractivity contribution in [3.05, 3.63) is 119 Å². The second kappa shape index (κ2) is 8.65. The summed E-state index contributed by atoms with van der Waals surface area (Å²) in [6.07, 6.45) is 2.92. The number of aliphatic hydroxyl groups is 1. The number of aliphatic hydroxyl groups excluding tert-OH is 1. The summed E-state index contributed by atoms with van der Waals surface area (Å²) in [6.45, 7) is -0.0173. The van der Waals surface area contributed by atoms with Gasteiger partial charge in [0, 0.05) is 24.6 Å². The minimum atomic E-state index is -0.0173. The summed E-state index contributed by atoms with van der Waals surface area (Å²) in [6, 6.07) is 27.8. The molecule has 5 heteroatoms. The summed E-state index contributed by atoms with van der Waals surface area (Å²) in [7, 11) is 0. The highest BCUT2D eigenvalue weighted by Crippen LogP contribution is 2.28. The lowest BCUT2D eigenvalue weighted by Crippen LogP contribution is -2.00. The number of hydrogen-bond donors (Lipinski definition) is 2. The second-order valence-corrected chi connectivity index (χ2v) is 7.83. The normalized spacial score (nSPS) is 11.2. The predicted molar refractivity (Wildman–Crippen MR) is 125 cm³/mol. The third kappa shape index (κ3) is 3.98. The molecule has 0 aliphatic carbocycles. The zero-order valence-corrected chi connectivity index (χ0v) is 17.5. The van der Waals surface area contributed by atoms with Crippen LogP contribution in [0.2, 0.25) is 0 Å². The molecule has 5 nitrogen and oxygen atoms in total. The zero-order valence-electron chi connectivity index (χ0n) is 17.5. The fourth-order valence-corrected chi connectivity index (χ4v) is 3.95. The van der Waals surface area contributed by atoms with Crippen LogP contribution in [-0.2, 0) is 19.4 Å². The van der Waals surface area contributed by atoms with Crippen LogP contribution in [0.4, 0.5) is 0 Å². The van der Waals surface area contributed by atoms with Crippen molar-refractivity contribution in [2.24, 2.45) is 0 Å². The van der Waals surface area contributed by atoms with Gasteiger partial charge in [0.25, 0.3) is 0 Å². The third-order valence-corrected chi connectivity index (χ3v) is 5.55. The van der Waals surface area contributed by atoms with Gasteiger partial charge in [-0.3, -0.25) is 4.40 Å². The Bertz CT molecular complexity index is 1360. The maximum atomic E-state index is 11.1. The molecular weight excluding hydrogens is 398 g/mol. The molecule has 0 atom stereocenters. The van der Waals surface area contributed by atoms with Gasteiger partial charge in [-0.2, -0.15) is 0 Å². The molecule has 3 aromatic carbocycles. The predicted octanol–water partition coefficient (Wildman–Crippen LogP) is 4.78. The van der Waals surface area contributed by atoms with E-state index in [1.165, 1.54) is 0 Å². The SMILES string of the molecule is OCc1cccc(Cc2nc3c(Cc4ccccc4)nc(-c4ccccc4)cn3c2O)c1. The van der Waals surface area contributed by atoms with E-state index in [0.717, 1.165) is 33.6 Å². The van der Waals surface area contributed by atoms with Crippen molar-refractivity contribution in [3.8, 4) is 17.1 Å². The molecule has 5 rings (SSSR count). The van der Waals surface area contributed by atoms with Gasteiger partial charge in [-0.1, -0.05) is 84.9 Å². The van der Waals surface area contributed by atoms with Crippen molar-refractivity contribution >= 4 is 5.65 Å². The lowest BCUT2D eigenvalue weighted by atomic mass is 10.1. The number of aromatic hydroxyl groups is 1. The van der Waals surface area contributed by atoms with Crippen LogP contribution in [0.5, 0.6) is 5.88 Å². The third-order valence-electron chi connectivity index (χ3n) is 5.55. The average molecular weight is 422 g/mol. The molecule has 158 valence electrons. The molecule has 2 aromatic heterocycles. The first-order valence-corrected chi connectivity index (χ1v) is 10.6. The Balaban J connectivity index is 1.63. The van der Waals surface area contributed by atoms with Crippen LogP contribution in [0.3, 0.4) is 0 Å². The van der Waals surface area contributed by atoms with Gasteiger partial charge in [0.2, 0.25) is 5.88 Å². The summed E-state index contributed by atoms with van der Waals surface area (Å²) in [5.74, 6) is 0.114. The molecular formula is C27H23N3O2. The molecule has 32 heavy (non-hydrogen) atoms. The molecule has 0 saturated heterocycles. The fourth-order valence-electron chi connectivity index (χ4n) is 3.95. The van der Waals surface area contributed by atoms with E-state index in [2.05, 4.69) is 12.1 Å². The van der Waals surface area contributed by atoms with Crippen LogP contribution in [-0.4, -0.2) is 24.6 Å². The Morgan fingerprint density at radius 1 is 0.688 bits per heavy atom. The van der Waals surface area contributed by atoms with Crippen LogP contribution < -0.4 is 0 Å². The molecule has 0 spiro atoms. The quantitative estimate of drug-likeness (QED) is 0.414. The number of aromatic nitrogens is 3. The number of imidazole rings is 1. The monoisotopic (exact) mass is 421 g/mol. The van der Waals surface area contributed by atoms with Crippen LogP contribution >= 0.6 is 0 Å². The first kappa shape index (κ1) is 20.0. The zero-order chi connectivity index (χ0) is 21.9. The second-order valence-electron chi connectivity index (χ2n) is 7.83. The Morgan fingerprint density at radius 3 is 2.09 bits per heavy atom. The van der Waals surface area contributed by atoms with Gasteiger partial charge in [-0.05, 0) is 16.7 Å². The average Bonchev–Trinajstić information content (AvgIpc) is 3.16. The minimum absolute atomic E-state index is 0.0173. The number of hydrogen-bond acceptors (Lipinski definition) is 4. The summed E-state index contributed by atoms with van der Waals surface area (Å²) >= 11 is 0. The highest BCUT2D eigenvalue weighted by atomic mass is 16.3. The molecule has 0 unspecified atom stereocenters. The van der Waals surface area contributed by atoms with Crippen molar-refractivity contribution < 1.29 is 10.2 Å². The van der Waals surface area contributed by atoms with E-state index in [1.807, 2.05) is 79.0 Å². The molecule has 0 aliphatic rings. The lowest BCUT2D eigenvalue weighted by molar-refractivity contribution is 0.281. The van der Waals surface area contributed by atoms with E-state index in [1.54, 1.807) is 4.40 Å². The van der Waals surface area contributed by atoms with Gasteiger partial charge < -0.3 is 10.2 Å². The van der Waals surface area contributed by atoms with E-state index in [-0.39, 0.29) is 12.5 Å². The van der Waals surface area contributed by atoms with Gasteiger partial charge in [-0.15, -0.1) is 0 Å².